The molecule has 0 aliphatic carbocycles. The number of hydrogen-bond acceptors (Lipinski definition) is 6. The van der Waals surface area contributed by atoms with Crippen molar-refractivity contribution in [1.29, 1.82) is 0 Å². The Morgan fingerprint density at radius 3 is 2.35 bits per heavy atom. The Morgan fingerprint density at radius 1 is 0.946 bits per heavy atom. The number of aliphatic hydroxyl groups is 1. The molecule has 3 aromatic rings. The highest BCUT2D eigenvalue weighted by Crippen LogP contribution is 2.45. The van der Waals surface area contributed by atoms with Gasteiger partial charge in [0.05, 0.1) is 37.5 Å². The zero-order chi connectivity index (χ0) is 26.9. The van der Waals surface area contributed by atoms with Crippen molar-refractivity contribution in [2.75, 3.05) is 25.7 Å². The average molecular weight is 542 g/mol. The highest BCUT2D eigenvalue weighted by Gasteiger charge is 2.47. The highest BCUT2D eigenvalue weighted by molar-refractivity contribution is 6.52. The van der Waals surface area contributed by atoms with Crippen molar-refractivity contribution in [1.82, 2.24) is 0 Å². The van der Waals surface area contributed by atoms with Gasteiger partial charge in [0.25, 0.3) is 11.7 Å². The van der Waals surface area contributed by atoms with Crippen LogP contribution in [-0.2, 0) is 9.59 Å². The number of nitrogens with zero attached hydrogens (tertiary/aromatic N) is 1. The maximum atomic E-state index is 13.5. The minimum Gasteiger partial charge on any atom is -0.507 e. The van der Waals surface area contributed by atoms with Crippen molar-refractivity contribution in [3.63, 3.8) is 0 Å². The lowest BCUT2D eigenvalue weighted by atomic mass is 9.94. The summed E-state index contributed by atoms with van der Waals surface area (Å²) in [6.07, 6.45) is 0. The van der Waals surface area contributed by atoms with E-state index in [-0.39, 0.29) is 16.9 Å². The standard InChI is InChI=1S/C28H25Cl2NO6/c1-5-37-22-13-17(7-10-19(22)30)26(32)24-25(16-8-11-21(35-3)23(12-16)36-4)31(28(34)27(24)33)20-14-18(29)9-6-15(20)2/h6-14,25,32H,5H2,1-4H3/b26-24+. The topological polar surface area (TPSA) is 85.3 Å². The van der Waals surface area contributed by atoms with Crippen LogP contribution in [0.25, 0.3) is 5.76 Å². The number of benzene rings is 3. The number of ether oxygens (including phenoxy) is 3. The number of hydrogen-bond donors (Lipinski definition) is 1. The number of rotatable bonds is 7. The SMILES string of the molecule is CCOc1cc(/C(O)=C2\C(=O)C(=O)N(c3cc(Cl)ccc3C)C2c2ccc(OC)c(OC)c2)ccc1Cl. The van der Waals surface area contributed by atoms with E-state index in [9.17, 15) is 14.7 Å². The number of aryl methyl sites for hydroxylation is 1. The summed E-state index contributed by atoms with van der Waals surface area (Å²) in [5, 5.41) is 12.2. The molecule has 0 radical (unpaired) electrons. The van der Waals surface area contributed by atoms with Crippen molar-refractivity contribution >= 4 is 46.3 Å². The Bertz CT molecular complexity index is 1420. The lowest BCUT2D eigenvalue weighted by Gasteiger charge is -2.27. The lowest BCUT2D eigenvalue weighted by Crippen LogP contribution is -2.30. The van der Waals surface area contributed by atoms with Gasteiger partial charge in [0.15, 0.2) is 11.5 Å². The van der Waals surface area contributed by atoms with Crippen LogP contribution in [0.3, 0.4) is 0 Å². The van der Waals surface area contributed by atoms with Gasteiger partial charge in [0.2, 0.25) is 0 Å². The largest absolute Gasteiger partial charge is 0.507 e. The molecule has 1 unspecified atom stereocenters. The molecule has 0 saturated carbocycles. The first-order valence-corrected chi connectivity index (χ1v) is 12.2. The van der Waals surface area contributed by atoms with Crippen molar-refractivity contribution < 1.29 is 28.9 Å². The molecule has 1 fully saturated rings. The number of ketones is 1. The molecule has 1 heterocycles. The highest BCUT2D eigenvalue weighted by atomic mass is 35.5. The fourth-order valence-corrected chi connectivity index (χ4v) is 4.67. The van der Waals surface area contributed by atoms with Gasteiger partial charge in [-0.2, -0.15) is 0 Å². The predicted molar refractivity (Wildman–Crippen MR) is 143 cm³/mol. The number of amides is 1. The quantitative estimate of drug-likeness (QED) is 0.213. The first kappa shape index (κ1) is 26.4. The molecular weight excluding hydrogens is 517 g/mol. The summed E-state index contributed by atoms with van der Waals surface area (Å²) in [6, 6.07) is 13.8. The van der Waals surface area contributed by atoms with E-state index in [0.29, 0.717) is 45.2 Å². The summed E-state index contributed by atoms with van der Waals surface area (Å²) in [7, 11) is 3.00. The Morgan fingerprint density at radius 2 is 1.68 bits per heavy atom. The van der Waals surface area contributed by atoms with Crippen LogP contribution in [-0.4, -0.2) is 37.6 Å². The first-order valence-electron chi connectivity index (χ1n) is 11.4. The lowest BCUT2D eigenvalue weighted by molar-refractivity contribution is -0.132. The first-order chi connectivity index (χ1) is 17.7. The van der Waals surface area contributed by atoms with Gasteiger partial charge < -0.3 is 19.3 Å². The molecule has 9 heteroatoms. The van der Waals surface area contributed by atoms with Crippen LogP contribution >= 0.6 is 23.2 Å². The molecule has 192 valence electrons. The summed E-state index contributed by atoms with van der Waals surface area (Å²) < 4.78 is 16.4. The minimum atomic E-state index is -0.983. The third kappa shape index (κ3) is 4.84. The number of anilines is 1. The van der Waals surface area contributed by atoms with Gasteiger partial charge in [0, 0.05) is 16.3 Å². The van der Waals surface area contributed by atoms with Crippen LogP contribution in [0.5, 0.6) is 17.2 Å². The van der Waals surface area contributed by atoms with Crippen molar-refractivity contribution in [3.05, 3.63) is 86.9 Å². The number of carbonyl (C=O) groups is 2. The monoisotopic (exact) mass is 541 g/mol. The van der Waals surface area contributed by atoms with Gasteiger partial charge in [-0.15, -0.1) is 0 Å². The van der Waals surface area contributed by atoms with E-state index in [1.54, 1.807) is 55.5 Å². The summed E-state index contributed by atoms with van der Waals surface area (Å²) >= 11 is 12.5. The van der Waals surface area contributed by atoms with E-state index in [4.69, 9.17) is 37.4 Å². The molecule has 0 bridgehead atoms. The molecule has 3 aromatic carbocycles. The summed E-state index contributed by atoms with van der Waals surface area (Å²) in [5.74, 6) is -0.788. The number of aliphatic hydroxyl groups excluding tert-OH is 1. The molecule has 1 N–H and O–H groups in total. The summed E-state index contributed by atoms with van der Waals surface area (Å²) in [4.78, 5) is 28.3. The van der Waals surface area contributed by atoms with E-state index in [2.05, 4.69) is 0 Å². The van der Waals surface area contributed by atoms with Crippen LogP contribution < -0.4 is 19.1 Å². The predicted octanol–water partition coefficient (Wildman–Crippen LogP) is 6.34. The summed E-state index contributed by atoms with van der Waals surface area (Å²) in [6.45, 7) is 3.97. The fourth-order valence-electron chi connectivity index (χ4n) is 4.33. The Kier molecular flexibility index (Phi) is 7.66. The second-order valence-corrected chi connectivity index (χ2v) is 9.14. The Balaban J connectivity index is 1.99. The second kappa shape index (κ2) is 10.7. The van der Waals surface area contributed by atoms with Crippen LogP contribution in [0.2, 0.25) is 10.0 Å². The van der Waals surface area contributed by atoms with Crippen LogP contribution in [0, 0.1) is 6.92 Å². The van der Waals surface area contributed by atoms with Gasteiger partial charge in [0.1, 0.15) is 11.5 Å². The molecule has 1 aliphatic heterocycles. The minimum absolute atomic E-state index is 0.0960. The molecule has 0 aromatic heterocycles. The van der Waals surface area contributed by atoms with E-state index in [1.165, 1.54) is 25.2 Å². The van der Waals surface area contributed by atoms with E-state index in [0.717, 1.165) is 5.56 Å². The molecule has 1 amide bonds. The fraction of sp³-hybridized carbons (Fsp3) is 0.214. The molecule has 1 aliphatic rings. The number of carbonyl (C=O) groups excluding carboxylic acids is 2. The van der Waals surface area contributed by atoms with E-state index < -0.39 is 17.7 Å². The molecule has 1 atom stereocenters. The van der Waals surface area contributed by atoms with Crippen LogP contribution in [0.1, 0.15) is 29.7 Å². The molecule has 0 spiro atoms. The molecule has 37 heavy (non-hydrogen) atoms. The number of halogens is 2. The third-order valence-electron chi connectivity index (χ3n) is 6.10. The zero-order valence-corrected chi connectivity index (χ0v) is 22.2. The van der Waals surface area contributed by atoms with Gasteiger partial charge in [-0.3, -0.25) is 14.5 Å². The van der Waals surface area contributed by atoms with E-state index in [1.807, 2.05) is 6.92 Å². The maximum Gasteiger partial charge on any atom is 0.300 e. The molecular formula is C28H25Cl2NO6. The van der Waals surface area contributed by atoms with Gasteiger partial charge in [-0.05, 0) is 67.4 Å². The zero-order valence-electron chi connectivity index (χ0n) is 20.7. The van der Waals surface area contributed by atoms with Crippen molar-refractivity contribution in [3.8, 4) is 17.2 Å². The van der Waals surface area contributed by atoms with Gasteiger partial charge in [-0.25, -0.2) is 0 Å². The average Bonchev–Trinajstić information content (AvgIpc) is 3.16. The molecule has 7 nitrogen and oxygen atoms in total. The van der Waals surface area contributed by atoms with Crippen molar-refractivity contribution in [2.45, 2.75) is 19.9 Å². The van der Waals surface area contributed by atoms with Crippen molar-refractivity contribution in [2.24, 2.45) is 0 Å². The maximum absolute atomic E-state index is 13.5. The Hall–Kier alpha value is -3.68. The van der Waals surface area contributed by atoms with Crippen LogP contribution in [0.4, 0.5) is 5.69 Å². The van der Waals surface area contributed by atoms with Gasteiger partial charge in [-0.1, -0.05) is 35.3 Å². The smallest absolute Gasteiger partial charge is 0.300 e. The second-order valence-electron chi connectivity index (χ2n) is 8.29. The van der Waals surface area contributed by atoms with E-state index >= 15 is 0 Å². The molecule has 4 rings (SSSR count). The number of methoxy groups -OCH3 is 2. The third-order valence-corrected chi connectivity index (χ3v) is 6.65. The normalized spacial score (nSPS) is 16.7. The molecule has 1 saturated heterocycles. The van der Waals surface area contributed by atoms with Crippen LogP contribution in [0.15, 0.2) is 60.2 Å². The summed E-state index contributed by atoms with van der Waals surface area (Å²) in [5.41, 5.74) is 1.87. The Labute approximate surface area is 224 Å². The van der Waals surface area contributed by atoms with Gasteiger partial charge >= 0.3 is 0 Å². The number of Topliss-reactive ketones (excluding diaryl/α,β-unsaturated/α-hetero) is 1.